The van der Waals surface area contributed by atoms with Crippen molar-refractivity contribution < 1.29 is 19.1 Å². The van der Waals surface area contributed by atoms with Crippen LogP contribution in [0.3, 0.4) is 0 Å². The first kappa shape index (κ1) is 15.5. The fourth-order valence-electron chi connectivity index (χ4n) is 1.96. The predicted molar refractivity (Wildman–Crippen MR) is 81.0 cm³/mol. The SMILES string of the molecule is COc1ccc(/C=C/C=C2C(=O)N(C)C(=O)N(C)C2=O)cc1. The number of methoxy groups -OCH3 is 1. The first-order chi connectivity index (χ1) is 10.5. The summed E-state index contributed by atoms with van der Waals surface area (Å²) in [6.07, 6.45) is 4.77. The second-order valence-electron chi connectivity index (χ2n) is 4.72. The van der Waals surface area contributed by atoms with Gasteiger partial charge in [0.15, 0.2) is 0 Å². The van der Waals surface area contributed by atoms with E-state index in [0.717, 1.165) is 21.1 Å². The number of likely N-dealkylation sites (N-methyl/N-ethyl adjacent to an activating group) is 2. The van der Waals surface area contributed by atoms with Crippen LogP contribution in [0.5, 0.6) is 5.75 Å². The van der Waals surface area contributed by atoms with E-state index in [-0.39, 0.29) is 5.57 Å². The number of carbonyl (C=O) groups excluding carboxylic acids is 3. The Balaban J connectivity index is 2.20. The van der Waals surface area contributed by atoms with E-state index in [1.165, 1.54) is 20.2 Å². The van der Waals surface area contributed by atoms with Crippen LogP contribution in [0.2, 0.25) is 0 Å². The third-order valence-corrected chi connectivity index (χ3v) is 3.31. The monoisotopic (exact) mass is 300 g/mol. The zero-order chi connectivity index (χ0) is 16.3. The van der Waals surface area contributed by atoms with Gasteiger partial charge in [-0.15, -0.1) is 0 Å². The summed E-state index contributed by atoms with van der Waals surface area (Å²) in [4.78, 5) is 37.3. The molecule has 0 aliphatic carbocycles. The minimum Gasteiger partial charge on any atom is -0.497 e. The lowest BCUT2D eigenvalue weighted by Crippen LogP contribution is -2.52. The van der Waals surface area contributed by atoms with Crippen molar-refractivity contribution in [1.82, 2.24) is 9.80 Å². The number of nitrogens with zero attached hydrogens (tertiary/aromatic N) is 2. The van der Waals surface area contributed by atoms with Gasteiger partial charge in [0.05, 0.1) is 7.11 Å². The standard InChI is InChI=1S/C16H16N2O4/c1-17-14(19)13(15(20)18(2)16(17)21)6-4-5-11-7-9-12(22-3)10-8-11/h4-10H,1-3H3/b5-4+. The van der Waals surface area contributed by atoms with Crippen molar-refractivity contribution in [2.24, 2.45) is 0 Å². The predicted octanol–water partition coefficient (Wildman–Crippen LogP) is 1.69. The molecule has 1 saturated heterocycles. The highest BCUT2D eigenvalue weighted by atomic mass is 16.5. The maximum absolute atomic E-state index is 12.0. The van der Waals surface area contributed by atoms with Crippen LogP contribution < -0.4 is 4.74 Å². The number of rotatable bonds is 3. The number of benzene rings is 1. The summed E-state index contributed by atoms with van der Waals surface area (Å²) in [5.74, 6) is -0.463. The summed E-state index contributed by atoms with van der Waals surface area (Å²) in [6.45, 7) is 0. The van der Waals surface area contributed by atoms with E-state index in [1.54, 1.807) is 19.3 Å². The molecule has 0 radical (unpaired) electrons. The molecule has 1 fully saturated rings. The van der Waals surface area contributed by atoms with Crippen LogP contribution >= 0.6 is 0 Å². The minimum absolute atomic E-state index is 0.0469. The van der Waals surface area contributed by atoms with E-state index >= 15 is 0 Å². The second kappa shape index (κ2) is 6.26. The number of hydrogen-bond donors (Lipinski definition) is 0. The van der Waals surface area contributed by atoms with E-state index < -0.39 is 17.8 Å². The highest BCUT2D eigenvalue weighted by Crippen LogP contribution is 2.15. The van der Waals surface area contributed by atoms with Crippen molar-refractivity contribution >= 4 is 23.9 Å². The Kier molecular flexibility index (Phi) is 4.41. The van der Waals surface area contributed by atoms with Crippen molar-refractivity contribution in [2.45, 2.75) is 0 Å². The van der Waals surface area contributed by atoms with Crippen LogP contribution in [0, 0.1) is 0 Å². The van der Waals surface area contributed by atoms with Gasteiger partial charge in [0, 0.05) is 14.1 Å². The second-order valence-corrected chi connectivity index (χ2v) is 4.72. The molecule has 0 unspecified atom stereocenters. The summed E-state index contributed by atoms with van der Waals surface area (Å²) in [7, 11) is 4.27. The number of barbiturate groups is 1. The number of carbonyl (C=O) groups is 3. The molecule has 1 aliphatic rings. The molecular formula is C16H16N2O4. The zero-order valence-electron chi connectivity index (χ0n) is 12.6. The number of amides is 4. The van der Waals surface area contributed by atoms with Crippen molar-refractivity contribution in [2.75, 3.05) is 21.2 Å². The topological polar surface area (TPSA) is 66.9 Å². The molecule has 6 nitrogen and oxygen atoms in total. The van der Waals surface area contributed by atoms with Gasteiger partial charge in [-0.2, -0.15) is 0 Å². The molecule has 1 aliphatic heterocycles. The molecule has 22 heavy (non-hydrogen) atoms. The molecule has 6 heteroatoms. The molecule has 0 bridgehead atoms. The van der Waals surface area contributed by atoms with Crippen molar-refractivity contribution in [3.05, 3.63) is 47.6 Å². The van der Waals surface area contributed by atoms with E-state index in [4.69, 9.17) is 4.74 Å². The van der Waals surface area contributed by atoms with E-state index in [1.807, 2.05) is 24.3 Å². The van der Waals surface area contributed by atoms with Crippen LogP contribution in [0.15, 0.2) is 42.0 Å². The van der Waals surface area contributed by atoms with Crippen LogP contribution in [-0.4, -0.2) is 48.9 Å². The van der Waals surface area contributed by atoms with Gasteiger partial charge < -0.3 is 4.74 Å². The summed E-state index contributed by atoms with van der Waals surface area (Å²) in [5, 5.41) is 0. The smallest absolute Gasteiger partial charge is 0.333 e. The van der Waals surface area contributed by atoms with Gasteiger partial charge in [-0.3, -0.25) is 19.4 Å². The number of ether oxygens (including phenoxy) is 1. The molecule has 1 aromatic rings. The van der Waals surface area contributed by atoms with Gasteiger partial charge in [0.25, 0.3) is 11.8 Å². The molecule has 0 spiro atoms. The quantitative estimate of drug-likeness (QED) is 0.629. The van der Waals surface area contributed by atoms with Gasteiger partial charge in [-0.25, -0.2) is 4.79 Å². The summed E-state index contributed by atoms with van der Waals surface area (Å²) < 4.78 is 5.06. The van der Waals surface area contributed by atoms with Crippen LogP contribution in [0.25, 0.3) is 6.08 Å². The highest BCUT2D eigenvalue weighted by molar-refractivity contribution is 6.28. The van der Waals surface area contributed by atoms with Gasteiger partial charge in [-0.05, 0) is 23.8 Å². The lowest BCUT2D eigenvalue weighted by atomic mass is 10.1. The van der Waals surface area contributed by atoms with Gasteiger partial charge in [0.1, 0.15) is 11.3 Å². The van der Waals surface area contributed by atoms with E-state index in [2.05, 4.69) is 0 Å². The Labute approximate surface area is 128 Å². The molecular weight excluding hydrogens is 284 g/mol. The van der Waals surface area contributed by atoms with Gasteiger partial charge in [0.2, 0.25) is 0 Å². The fourth-order valence-corrected chi connectivity index (χ4v) is 1.96. The number of allylic oxidation sites excluding steroid dienone is 2. The summed E-state index contributed by atoms with van der Waals surface area (Å²) >= 11 is 0. The summed E-state index contributed by atoms with van der Waals surface area (Å²) in [5.41, 5.74) is 0.848. The van der Waals surface area contributed by atoms with Gasteiger partial charge in [-0.1, -0.05) is 24.3 Å². The van der Waals surface area contributed by atoms with Crippen LogP contribution in [-0.2, 0) is 9.59 Å². The third kappa shape index (κ3) is 2.90. The van der Waals surface area contributed by atoms with Crippen molar-refractivity contribution in [3.63, 3.8) is 0 Å². The van der Waals surface area contributed by atoms with Crippen molar-refractivity contribution in [1.29, 1.82) is 0 Å². The lowest BCUT2D eigenvalue weighted by molar-refractivity contribution is -0.134. The Morgan fingerprint density at radius 1 is 0.955 bits per heavy atom. The average Bonchev–Trinajstić information content (AvgIpc) is 2.55. The minimum atomic E-state index is -0.633. The average molecular weight is 300 g/mol. The van der Waals surface area contributed by atoms with Crippen molar-refractivity contribution in [3.8, 4) is 5.75 Å². The molecule has 0 aromatic heterocycles. The molecule has 0 N–H and O–H groups in total. The molecule has 1 heterocycles. The molecule has 2 rings (SSSR count). The molecule has 0 saturated carbocycles. The van der Waals surface area contributed by atoms with Gasteiger partial charge >= 0.3 is 6.03 Å². The Bertz CT molecular complexity index is 648. The fraction of sp³-hybridized carbons (Fsp3) is 0.188. The normalized spacial score (nSPS) is 15.8. The van der Waals surface area contributed by atoms with E-state index in [0.29, 0.717) is 0 Å². The van der Waals surface area contributed by atoms with E-state index in [9.17, 15) is 14.4 Å². The van der Waals surface area contributed by atoms with Crippen LogP contribution in [0.1, 0.15) is 5.56 Å². The largest absolute Gasteiger partial charge is 0.497 e. The Morgan fingerprint density at radius 3 is 2.00 bits per heavy atom. The maximum Gasteiger partial charge on any atom is 0.333 e. The summed E-state index contributed by atoms with van der Waals surface area (Å²) in [6, 6.07) is 6.68. The number of urea groups is 1. The third-order valence-electron chi connectivity index (χ3n) is 3.31. The van der Waals surface area contributed by atoms with Crippen LogP contribution in [0.4, 0.5) is 4.79 Å². The first-order valence-electron chi connectivity index (χ1n) is 6.58. The maximum atomic E-state index is 12.0. The molecule has 4 amide bonds. The lowest BCUT2D eigenvalue weighted by Gasteiger charge is -2.28. The molecule has 0 atom stereocenters. The number of imide groups is 2. The highest BCUT2D eigenvalue weighted by Gasteiger charge is 2.37. The molecule has 114 valence electrons. The molecule has 1 aromatic carbocycles. The zero-order valence-corrected chi connectivity index (χ0v) is 12.6. The Morgan fingerprint density at radius 2 is 1.50 bits per heavy atom. The number of hydrogen-bond acceptors (Lipinski definition) is 4. The first-order valence-corrected chi connectivity index (χ1v) is 6.58. The Hall–Kier alpha value is -2.89.